The van der Waals surface area contributed by atoms with Gasteiger partial charge in [0.15, 0.2) is 12.4 Å². The maximum absolute atomic E-state index is 12.7. The van der Waals surface area contributed by atoms with Crippen LogP contribution in [0, 0.1) is 0 Å². The molecule has 0 bridgehead atoms. The molecule has 4 rings (SSSR count). The number of carbonyl (C=O) groups excluding carboxylic acids is 2. The summed E-state index contributed by atoms with van der Waals surface area (Å²) in [4.78, 5) is 44.7. The number of nitrogens with one attached hydrogen (secondary N) is 1. The van der Waals surface area contributed by atoms with Crippen molar-refractivity contribution in [1.29, 1.82) is 0 Å². The van der Waals surface area contributed by atoms with E-state index < -0.39 is 5.97 Å². The topological polar surface area (TPSA) is 89.1 Å². The Morgan fingerprint density at radius 2 is 1.66 bits per heavy atom. The van der Waals surface area contributed by atoms with Gasteiger partial charge in [0.1, 0.15) is 5.82 Å². The molecule has 3 aromatic carbocycles. The van der Waals surface area contributed by atoms with Crippen molar-refractivity contribution in [2.75, 3.05) is 6.61 Å². The molecule has 0 amide bonds. The number of hydrogen-bond donors (Lipinski definition) is 1. The Labute approximate surface area is 184 Å². The molecular formula is C26H22N2O4. The number of para-hydroxylation sites is 1. The highest BCUT2D eigenvalue weighted by molar-refractivity contribution is 5.99. The Morgan fingerprint density at radius 1 is 0.938 bits per heavy atom. The molecule has 0 radical (unpaired) electrons. The van der Waals surface area contributed by atoms with Crippen LogP contribution in [-0.4, -0.2) is 28.3 Å². The van der Waals surface area contributed by atoms with E-state index in [1.54, 1.807) is 54.6 Å². The van der Waals surface area contributed by atoms with E-state index in [-0.39, 0.29) is 24.4 Å². The first-order valence-electron chi connectivity index (χ1n) is 10.4. The van der Waals surface area contributed by atoms with Crippen molar-refractivity contribution >= 4 is 22.7 Å². The normalized spacial score (nSPS) is 10.8. The fourth-order valence-electron chi connectivity index (χ4n) is 3.49. The highest BCUT2D eigenvalue weighted by Gasteiger charge is 2.16. The molecule has 0 aliphatic rings. The number of esters is 1. The van der Waals surface area contributed by atoms with E-state index in [0.29, 0.717) is 33.4 Å². The minimum atomic E-state index is -0.595. The van der Waals surface area contributed by atoms with Gasteiger partial charge in [0, 0.05) is 12.0 Å². The molecule has 1 N–H and O–H groups in total. The fraction of sp³-hybridized carbons (Fsp3) is 0.154. The molecule has 0 atom stereocenters. The van der Waals surface area contributed by atoms with Crippen LogP contribution >= 0.6 is 0 Å². The van der Waals surface area contributed by atoms with E-state index in [1.807, 2.05) is 25.1 Å². The van der Waals surface area contributed by atoms with Crippen LogP contribution in [0.1, 0.15) is 44.6 Å². The average Bonchev–Trinajstić information content (AvgIpc) is 2.83. The standard InChI is InChI=1S/C26H22N2O4/c1-2-17-11-13-18(14-12-17)23(29)16-32-26(31)20-8-4-3-7-19(20)15-24-27-22-10-6-5-9-21(22)25(30)28-24/h3-14H,2,15-16H2,1H3,(H,27,28,30). The zero-order valence-electron chi connectivity index (χ0n) is 17.6. The molecule has 6 nitrogen and oxygen atoms in total. The second-order valence-electron chi connectivity index (χ2n) is 7.41. The van der Waals surface area contributed by atoms with Crippen molar-refractivity contribution in [3.05, 3.63) is 111 Å². The van der Waals surface area contributed by atoms with Crippen LogP contribution in [0.25, 0.3) is 10.9 Å². The largest absolute Gasteiger partial charge is 0.454 e. The van der Waals surface area contributed by atoms with E-state index in [2.05, 4.69) is 9.97 Å². The predicted molar refractivity (Wildman–Crippen MR) is 122 cm³/mol. The monoisotopic (exact) mass is 426 g/mol. The molecule has 1 aromatic heterocycles. The summed E-state index contributed by atoms with van der Waals surface area (Å²) in [5, 5.41) is 0.509. The van der Waals surface area contributed by atoms with Crippen LogP contribution in [0.4, 0.5) is 0 Å². The van der Waals surface area contributed by atoms with Crippen LogP contribution in [0.15, 0.2) is 77.6 Å². The maximum atomic E-state index is 12.7. The predicted octanol–water partition coefficient (Wildman–Crippen LogP) is 4.12. The second kappa shape index (κ2) is 9.39. The van der Waals surface area contributed by atoms with Gasteiger partial charge in [0.25, 0.3) is 5.56 Å². The minimum absolute atomic E-state index is 0.231. The Morgan fingerprint density at radius 3 is 2.44 bits per heavy atom. The van der Waals surface area contributed by atoms with Gasteiger partial charge in [-0.3, -0.25) is 9.59 Å². The van der Waals surface area contributed by atoms with Crippen LogP contribution in [0.3, 0.4) is 0 Å². The summed E-state index contributed by atoms with van der Waals surface area (Å²) in [6.07, 6.45) is 1.13. The lowest BCUT2D eigenvalue weighted by Gasteiger charge is -2.10. The third-order valence-electron chi connectivity index (χ3n) is 5.28. The Bertz CT molecular complexity index is 1340. The lowest BCUT2D eigenvalue weighted by atomic mass is 10.0. The number of aromatic nitrogens is 2. The number of aromatic amines is 1. The van der Waals surface area contributed by atoms with Crippen LogP contribution in [0.5, 0.6) is 0 Å². The van der Waals surface area contributed by atoms with Crippen molar-refractivity contribution in [3.8, 4) is 0 Å². The van der Waals surface area contributed by atoms with Gasteiger partial charge >= 0.3 is 5.97 Å². The molecule has 4 aromatic rings. The summed E-state index contributed by atoms with van der Waals surface area (Å²) in [6.45, 7) is 1.70. The van der Waals surface area contributed by atoms with Gasteiger partial charge in [-0.1, -0.05) is 61.5 Å². The van der Waals surface area contributed by atoms with E-state index in [1.165, 1.54) is 0 Å². The SMILES string of the molecule is CCc1ccc(C(=O)COC(=O)c2ccccc2Cc2nc3ccccc3c(=O)[nH]2)cc1. The zero-order chi connectivity index (χ0) is 22.5. The molecule has 0 spiro atoms. The van der Waals surface area contributed by atoms with Gasteiger partial charge in [-0.25, -0.2) is 9.78 Å². The minimum Gasteiger partial charge on any atom is -0.454 e. The van der Waals surface area contributed by atoms with Gasteiger partial charge < -0.3 is 9.72 Å². The average molecular weight is 426 g/mol. The first-order valence-corrected chi connectivity index (χ1v) is 10.4. The molecule has 32 heavy (non-hydrogen) atoms. The molecule has 0 aliphatic carbocycles. The Kier molecular flexibility index (Phi) is 6.22. The number of ether oxygens (including phenoxy) is 1. The van der Waals surface area contributed by atoms with Gasteiger partial charge in [0.2, 0.25) is 0 Å². The van der Waals surface area contributed by atoms with Crippen LogP contribution in [-0.2, 0) is 17.6 Å². The van der Waals surface area contributed by atoms with Gasteiger partial charge in [-0.05, 0) is 35.7 Å². The Hall–Kier alpha value is -4.06. The smallest absolute Gasteiger partial charge is 0.338 e. The summed E-state index contributed by atoms with van der Waals surface area (Å²) in [7, 11) is 0. The summed E-state index contributed by atoms with van der Waals surface area (Å²) < 4.78 is 5.29. The van der Waals surface area contributed by atoms with Gasteiger partial charge in [-0.15, -0.1) is 0 Å². The molecule has 160 valence electrons. The zero-order valence-corrected chi connectivity index (χ0v) is 17.6. The molecule has 0 unspecified atom stereocenters. The van der Waals surface area contributed by atoms with Crippen LogP contribution in [0.2, 0.25) is 0 Å². The maximum Gasteiger partial charge on any atom is 0.338 e. The first kappa shape index (κ1) is 21.2. The molecular weight excluding hydrogens is 404 g/mol. The molecule has 6 heteroatoms. The van der Waals surface area contributed by atoms with Crippen molar-refractivity contribution in [1.82, 2.24) is 9.97 Å². The highest BCUT2D eigenvalue weighted by atomic mass is 16.5. The molecule has 0 saturated carbocycles. The number of ketones is 1. The highest BCUT2D eigenvalue weighted by Crippen LogP contribution is 2.15. The van der Waals surface area contributed by atoms with Crippen molar-refractivity contribution in [3.63, 3.8) is 0 Å². The third kappa shape index (κ3) is 4.64. The van der Waals surface area contributed by atoms with Gasteiger partial charge in [-0.2, -0.15) is 0 Å². The Balaban J connectivity index is 1.49. The first-order chi connectivity index (χ1) is 15.5. The summed E-state index contributed by atoms with van der Waals surface area (Å²) in [6, 6.07) is 21.3. The van der Waals surface area contributed by atoms with E-state index in [0.717, 1.165) is 12.0 Å². The molecule has 1 heterocycles. The van der Waals surface area contributed by atoms with Crippen molar-refractivity contribution in [2.24, 2.45) is 0 Å². The van der Waals surface area contributed by atoms with E-state index in [4.69, 9.17) is 4.74 Å². The quantitative estimate of drug-likeness (QED) is 0.355. The number of Topliss-reactive ketones (excluding diaryl/α,β-unsaturated/α-hetero) is 1. The van der Waals surface area contributed by atoms with Crippen LogP contribution < -0.4 is 5.56 Å². The fourth-order valence-corrected chi connectivity index (χ4v) is 3.49. The van der Waals surface area contributed by atoms with Crippen molar-refractivity contribution in [2.45, 2.75) is 19.8 Å². The van der Waals surface area contributed by atoms with Gasteiger partial charge in [0.05, 0.1) is 16.5 Å². The number of nitrogens with zero attached hydrogens (tertiary/aromatic N) is 1. The number of rotatable bonds is 7. The third-order valence-corrected chi connectivity index (χ3v) is 5.28. The lowest BCUT2D eigenvalue weighted by molar-refractivity contribution is 0.0473. The number of H-pyrrole nitrogens is 1. The summed E-state index contributed by atoms with van der Waals surface area (Å²) in [5.74, 6) is -0.415. The molecule has 0 saturated heterocycles. The number of fused-ring (bicyclic) bond motifs is 1. The molecule has 0 aliphatic heterocycles. The number of benzene rings is 3. The summed E-state index contributed by atoms with van der Waals surface area (Å²) in [5.41, 5.74) is 2.97. The second-order valence-corrected chi connectivity index (χ2v) is 7.41. The summed E-state index contributed by atoms with van der Waals surface area (Å²) >= 11 is 0. The number of hydrogen-bond acceptors (Lipinski definition) is 5. The lowest BCUT2D eigenvalue weighted by Crippen LogP contribution is -2.17. The number of carbonyl (C=O) groups is 2. The van der Waals surface area contributed by atoms with Crippen molar-refractivity contribution < 1.29 is 14.3 Å². The van der Waals surface area contributed by atoms with E-state index in [9.17, 15) is 14.4 Å². The van der Waals surface area contributed by atoms with E-state index >= 15 is 0 Å². The number of aryl methyl sites for hydroxylation is 1. The molecule has 0 fully saturated rings.